The third-order valence-electron chi connectivity index (χ3n) is 2.80. The van der Waals surface area contributed by atoms with Crippen LogP contribution in [-0.2, 0) is 11.3 Å². The number of carbonyl (C=O) groups excluding carboxylic acids is 1. The van der Waals surface area contributed by atoms with Crippen LogP contribution in [0.25, 0.3) is 0 Å². The maximum atomic E-state index is 12.4. The van der Waals surface area contributed by atoms with E-state index in [0.717, 1.165) is 5.69 Å². The van der Waals surface area contributed by atoms with Crippen molar-refractivity contribution < 1.29 is 9.72 Å². The van der Waals surface area contributed by atoms with Gasteiger partial charge >= 0.3 is 5.95 Å². The Hall–Kier alpha value is -2.77. The van der Waals surface area contributed by atoms with Crippen molar-refractivity contribution in [1.29, 1.82) is 0 Å². The Morgan fingerprint density at radius 3 is 2.57 bits per heavy atom. The second-order valence-electron chi connectivity index (χ2n) is 4.69. The van der Waals surface area contributed by atoms with Crippen LogP contribution in [-0.4, -0.2) is 31.6 Å². The molecule has 1 aromatic carbocycles. The van der Waals surface area contributed by atoms with E-state index < -0.39 is 10.9 Å². The molecule has 0 saturated carbocycles. The van der Waals surface area contributed by atoms with Gasteiger partial charge in [0.1, 0.15) is 6.54 Å². The monoisotopic (exact) mass is 289 g/mol. The van der Waals surface area contributed by atoms with Crippen LogP contribution in [0.2, 0.25) is 0 Å². The highest BCUT2D eigenvalue weighted by molar-refractivity contribution is 5.93. The zero-order valence-electron chi connectivity index (χ0n) is 11.7. The fraction of sp³-hybridized carbons (Fsp3) is 0.308. The van der Waals surface area contributed by atoms with Crippen LogP contribution < -0.4 is 4.90 Å². The van der Waals surface area contributed by atoms with E-state index in [1.165, 1.54) is 11.0 Å². The van der Waals surface area contributed by atoms with E-state index in [9.17, 15) is 14.9 Å². The normalized spacial score (nSPS) is 10.6. The molecule has 110 valence electrons. The van der Waals surface area contributed by atoms with E-state index in [0.29, 0.717) is 0 Å². The molecule has 0 aliphatic rings. The lowest BCUT2D eigenvalue weighted by Gasteiger charge is -2.26. The molecule has 0 spiro atoms. The van der Waals surface area contributed by atoms with Crippen LogP contribution >= 0.6 is 0 Å². The summed E-state index contributed by atoms with van der Waals surface area (Å²) in [6.45, 7) is 3.69. The SMILES string of the molecule is CC(C)N(C(=O)Cn1cnc([N+](=O)[O-])n1)c1ccccc1. The summed E-state index contributed by atoms with van der Waals surface area (Å²) in [5, 5.41) is 14.2. The molecule has 1 aromatic heterocycles. The molecule has 1 amide bonds. The minimum atomic E-state index is -0.696. The van der Waals surface area contributed by atoms with Gasteiger partial charge in [0, 0.05) is 16.8 Å². The lowest BCUT2D eigenvalue weighted by molar-refractivity contribution is -0.394. The van der Waals surface area contributed by atoms with E-state index in [2.05, 4.69) is 10.1 Å². The van der Waals surface area contributed by atoms with Crippen molar-refractivity contribution in [2.24, 2.45) is 0 Å². The first-order valence-corrected chi connectivity index (χ1v) is 6.40. The van der Waals surface area contributed by atoms with E-state index in [-0.39, 0.29) is 18.5 Å². The smallest absolute Gasteiger partial charge is 0.390 e. The number of benzene rings is 1. The maximum absolute atomic E-state index is 12.4. The summed E-state index contributed by atoms with van der Waals surface area (Å²) in [5.41, 5.74) is 0.770. The van der Waals surface area contributed by atoms with Crippen molar-refractivity contribution in [1.82, 2.24) is 14.8 Å². The van der Waals surface area contributed by atoms with Gasteiger partial charge in [-0.3, -0.25) is 4.79 Å². The summed E-state index contributed by atoms with van der Waals surface area (Å²) in [6.07, 6.45) is 1.18. The standard InChI is InChI=1S/C13H15N5O3/c1-10(2)17(11-6-4-3-5-7-11)12(19)8-16-9-14-13(15-16)18(20)21/h3-7,9-10H,8H2,1-2H3. The molecule has 8 heteroatoms. The number of hydrogen-bond acceptors (Lipinski definition) is 5. The van der Waals surface area contributed by atoms with Crippen molar-refractivity contribution in [3.05, 3.63) is 46.8 Å². The van der Waals surface area contributed by atoms with Gasteiger partial charge in [-0.05, 0) is 30.9 Å². The average molecular weight is 289 g/mol. The van der Waals surface area contributed by atoms with Crippen molar-refractivity contribution in [3.8, 4) is 0 Å². The van der Waals surface area contributed by atoms with Crippen LogP contribution in [0.1, 0.15) is 13.8 Å². The van der Waals surface area contributed by atoms with E-state index in [4.69, 9.17) is 0 Å². The van der Waals surface area contributed by atoms with Gasteiger partial charge in [-0.1, -0.05) is 23.2 Å². The molecular formula is C13H15N5O3. The van der Waals surface area contributed by atoms with Gasteiger partial charge < -0.3 is 15.0 Å². The summed E-state index contributed by atoms with van der Waals surface area (Å²) in [5.74, 6) is -0.727. The summed E-state index contributed by atoms with van der Waals surface area (Å²) >= 11 is 0. The number of carbonyl (C=O) groups is 1. The lowest BCUT2D eigenvalue weighted by atomic mass is 10.2. The molecule has 0 radical (unpaired) electrons. The first-order chi connectivity index (χ1) is 9.99. The van der Waals surface area contributed by atoms with Crippen LogP contribution in [0.3, 0.4) is 0 Å². The number of para-hydroxylation sites is 1. The minimum Gasteiger partial charge on any atom is -0.390 e. The van der Waals surface area contributed by atoms with Crippen LogP contribution in [0.15, 0.2) is 36.7 Å². The Morgan fingerprint density at radius 2 is 2.05 bits per heavy atom. The van der Waals surface area contributed by atoms with Gasteiger partial charge in [0.25, 0.3) is 0 Å². The Balaban J connectivity index is 2.17. The fourth-order valence-corrected chi connectivity index (χ4v) is 1.98. The Bertz CT molecular complexity index is 638. The Morgan fingerprint density at radius 1 is 1.38 bits per heavy atom. The first-order valence-electron chi connectivity index (χ1n) is 6.40. The molecule has 8 nitrogen and oxygen atoms in total. The van der Waals surface area contributed by atoms with Gasteiger partial charge in [0.2, 0.25) is 12.2 Å². The molecule has 0 aliphatic heterocycles. The number of anilines is 1. The molecule has 2 rings (SSSR count). The number of hydrogen-bond donors (Lipinski definition) is 0. The largest absolute Gasteiger partial charge is 0.490 e. The zero-order valence-corrected chi connectivity index (χ0v) is 11.7. The fourth-order valence-electron chi connectivity index (χ4n) is 1.98. The first kappa shape index (κ1) is 14.6. The van der Waals surface area contributed by atoms with Crippen LogP contribution in [0, 0.1) is 10.1 Å². The topological polar surface area (TPSA) is 94.2 Å². The van der Waals surface area contributed by atoms with Crippen LogP contribution in [0.5, 0.6) is 0 Å². The quantitative estimate of drug-likeness (QED) is 0.616. The summed E-state index contributed by atoms with van der Waals surface area (Å²) in [4.78, 5) is 27.4. The Kier molecular flexibility index (Phi) is 4.27. The van der Waals surface area contributed by atoms with Crippen LogP contribution in [0.4, 0.5) is 11.6 Å². The number of amides is 1. The lowest BCUT2D eigenvalue weighted by Crippen LogP contribution is -2.39. The predicted molar refractivity (Wildman–Crippen MR) is 75.7 cm³/mol. The van der Waals surface area contributed by atoms with Gasteiger partial charge in [-0.25, -0.2) is 0 Å². The molecule has 1 heterocycles. The average Bonchev–Trinajstić information content (AvgIpc) is 2.88. The molecule has 0 saturated heterocycles. The number of aromatic nitrogens is 3. The van der Waals surface area contributed by atoms with Gasteiger partial charge in [-0.2, -0.15) is 4.68 Å². The van der Waals surface area contributed by atoms with Crippen molar-refractivity contribution >= 4 is 17.5 Å². The number of nitro groups is 1. The number of rotatable bonds is 5. The second kappa shape index (κ2) is 6.12. The summed E-state index contributed by atoms with van der Waals surface area (Å²) < 4.78 is 1.17. The molecule has 0 atom stereocenters. The van der Waals surface area contributed by atoms with Crippen molar-refractivity contribution in [3.63, 3.8) is 0 Å². The molecule has 2 aromatic rings. The van der Waals surface area contributed by atoms with E-state index in [1.54, 1.807) is 4.90 Å². The second-order valence-corrected chi connectivity index (χ2v) is 4.69. The third-order valence-corrected chi connectivity index (χ3v) is 2.80. The predicted octanol–water partition coefficient (Wildman–Crippen LogP) is 1.63. The molecule has 21 heavy (non-hydrogen) atoms. The summed E-state index contributed by atoms with van der Waals surface area (Å²) in [6, 6.07) is 9.19. The molecule has 0 bridgehead atoms. The van der Waals surface area contributed by atoms with Gasteiger partial charge in [0.05, 0.1) is 0 Å². The number of nitrogens with zero attached hydrogens (tertiary/aromatic N) is 5. The summed E-state index contributed by atoms with van der Waals surface area (Å²) in [7, 11) is 0. The van der Waals surface area contributed by atoms with E-state index in [1.807, 2.05) is 44.2 Å². The third kappa shape index (κ3) is 3.41. The molecule has 0 aliphatic carbocycles. The molecule has 0 unspecified atom stereocenters. The minimum absolute atomic E-state index is 0.0431. The molecular weight excluding hydrogens is 274 g/mol. The van der Waals surface area contributed by atoms with E-state index >= 15 is 0 Å². The van der Waals surface area contributed by atoms with Gasteiger partial charge in [0.15, 0.2) is 0 Å². The molecule has 0 N–H and O–H groups in total. The van der Waals surface area contributed by atoms with Crippen molar-refractivity contribution in [2.45, 2.75) is 26.4 Å². The Labute approximate surface area is 121 Å². The highest BCUT2D eigenvalue weighted by Gasteiger charge is 2.22. The highest BCUT2D eigenvalue weighted by Crippen LogP contribution is 2.17. The zero-order chi connectivity index (χ0) is 15.4. The van der Waals surface area contributed by atoms with Crippen molar-refractivity contribution in [2.75, 3.05) is 4.90 Å². The molecule has 0 fully saturated rings. The maximum Gasteiger partial charge on any atom is 0.490 e. The highest BCUT2D eigenvalue weighted by atomic mass is 16.6. The van der Waals surface area contributed by atoms with Gasteiger partial charge in [-0.15, -0.1) is 0 Å².